The molecule has 0 spiro atoms. The zero-order chi connectivity index (χ0) is 17.5. The number of hydrogen-bond acceptors (Lipinski definition) is 3. The first-order valence-electron chi connectivity index (χ1n) is 7.73. The average Bonchev–Trinajstić information content (AvgIpc) is 3.01. The summed E-state index contributed by atoms with van der Waals surface area (Å²) in [4.78, 5) is 12.3. The highest BCUT2D eigenvalue weighted by Crippen LogP contribution is 2.40. The van der Waals surface area contributed by atoms with Crippen LogP contribution in [0.25, 0.3) is 22.1 Å². The van der Waals surface area contributed by atoms with Crippen LogP contribution in [-0.2, 0) is 10.2 Å². The van der Waals surface area contributed by atoms with E-state index in [1.807, 2.05) is 42.5 Å². The molecule has 0 saturated heterocycles. The number of carbonyl (C=O) groups excluding carboxylic acids is 1. The lowest BCUT2D eigenvalue weighted by Crippen LogP contribution is -2.09. The second-order valence-corrected chi connectivity index (χ2v) is 7.54. The Morgan fingerprint density at radius 1 is 1.12 bits per heavy atom. The maximum atomic E-state index is 12.3. The van der Waals surface area contributed by atoms with Gasteiger partial charge in [-0.1, -0.05) is 51.1 Å². The second kappa shape index (κ2) is 6.10. The number of ether oxygens (including phenoxy) is 1. The Balaban J connectivity index is 2.36. The van der Waals surface area contributed by atoms with Crippen molar-refractivity contribution in [1.82, 2.24) is 0 Å². The minimum Gasteiger partial charge on any atom is -0.465 e. The predicted octanol–water partition coefficient (Wildman–Crippen LogP) is 5.95. The van der Waals surface area contributed by atoms with Crippen molar-refractivity contribution >= 4 is 32.9 Å². The van der Waals surface area contributed by atoms with Gasteiger partial charge in [0, 0.05) is 15.3 Å². The smallest absolute Gasteiger partial charge is 0.341 e. The van der Waals surface area contributed by atoms with Gasteiger partial charge in [-0.15, -0.1) is 0 Å². The number of halogens is 1. The normalized spacial score (nSPS) is 11.7. The highest BCUT2D eigenvalue weighted by atomic mass is 79.9. The van der Waals surface area contributed by atoms with Crippen LogP contribution in [0.1, 0.15) is 36.9 Å². The van der Waals surface area contributed by atoms with Crippen LogP contribution < -0.4 is 0 Å². The lowest BCUT2D eigenvalue weighted by atomic mass is 9.93. The summed E-state index contributed by atoms with van der Waals surface area (Å²) in [5.74, 6) is 0.424. The fourth-order valence-corrected chi connectivity index (χ4v) is 3.27. The van der Waals surface area contributed by atoms with Gasteiger partial charge in [0.15, 0.2) is 0 Å². The van der Waals surface area contributed by atoms with E-state index in [2.05, 4.69) is 36.7 Å². The highest BCUT2D eigenvalue weighted by Gasteiger charge is 2.25. The van der Waals surface area contributed by atoms with E-state index in [-0.39, 0.29) is 5.41 Å². The van der Waals surface area contributed by atoms with Gasteiger partial charge in [-0.2, -0.15) is 0 Å². The van der Waals surface area contributed by atoms with E-state index < -0.39 is 5.97 Å². The highest BCUT2D eigenvalue weighted by molar-refractivity contribution is 9.10. The van der Waals surface area contributed by atoms with Crippen LogP contribution in [0, 0.1) is 0 Å². The van der Waals surface area contributed by atoms with Crippen LogP contribution in [0.4, 0.5) is 0 Å². The van der Waals surface area contributed by atoms with E-state index >= 15 is 0 Å². The Morgan fingerprint density at radius 2 is 1.79 bits per heavy atom. The summed E-state index contributed by atoms with van der Waals surface area (Å²) < 4.78 is 11.9. The summed E-state index contributed by atoms with van der Waals surface area (Å²) in [6, 6.07) is 13.8. The number of furan rings is 1. The van der Waals surface area contributed by atoms with E-state index in [4.69, 9.17) is 9.15 Å². The standard InChI is InChI=1S/C20H19BrO3/c1-20(2,3)16-11-14-17(21)13(12-8-6-5-7-9-12)10-15(18(14)24-16)19(22)23-4/h5-11H,1-4H3. The molecule has 1 heterocycles. The molecule has 124 valence electrons. The molecule has 3 nitrogen and oxygen atoms in total. The van der Waals surface area contributed by atoms with Gasteiger partial charge in [0.2, 0.25) is 0 Å². The number of benzene rings is 2. The third-order valence-corrected chi connectivity index (χ3v) is 4.82. The fourth-order valence-electron chi connectivity index (χ4n) is 2.63. The quantitative estimate of drug-likeness (QED) is 0.511. The SMILES string of the molecule is COC(=O)c1cc(-c2ccccc2)c(Br)c2cc(C(C)(C)C)oc12. The van der Waals surface area contributed by atoms with Gasteiger partial charge < -0.3 is 9.15 Å². The van der Waals surface area contributed by atoms with Crippen molar-refractivity contribution in [2.24, 2.45) is 0 Å². The molecule has 0 fully saturated rings. The Hall–Kier alpha value is -2.07. The number of fused-ring (bicyclic) bond motifs is 1. The van der Waals surface area contributed by atoms with Crippen LogP contribution in [-0.4, -0.2) is 13.1 Å². The van der Waals surface area contributed by atoms with Gasteiger partial charge >= 0.3 is 5.97 Å². The Labute approximate surface area is 149 Å². The Morgan fingerprint density at radius 3 is 2.38 bits per heavy atom. The zero-order valence-electron chi connectivity index (χ0n) is 14.1. The minimum atomic E-state index is -0.403. The van der Waals surface area contributed by atoms with Crippen molar-refractivity contribution in [3.63, 3.8) is 0 Å². The molecule has 0 aliphatic rings. The molecule has 3 rings (SSSR count). The summed E-state index contributed by atoms with van der Waals surface area (Å²) in [5.41, 5.74) is 2.79. The van der Waals surface area contributed by atoms with Crippen LogP contribution in [0.3, 0.4) is 0 Å². The van der Waals surface area contributed by atoms with E-state index in [1.165, 1.54) is 7.11 Å². The molecule has 0 N–H and O–H groups in total. The third kappa shape index (κ3) is 2.86. The molecule has 0 amide bonds. The number of methoxy groups -OCH3 is 1. The van der Waals surface area contributed by atoms with E-state index in [1.54, 1.807) is 0 Å². The van der Waals surface area contributed by atoms with Gasteiger partial charge in [0.1, 0.15) is 16.9 Å². The van der Waals surface area contributed by atoms with Crippen molar-refractivity contribution < 1.29 is 13.9 Å². The van der Waals surface area contributed by atoms with Gasteiger partial charge in [0.05, 0.1) is 7.11 Å². The molecule has 24 heavy (non-hydrogen) atoms. The summed E-state index contributed by atoms with van der Waals surface area (Å²) >= 11 is 3.69. The Bertz CT molecular complexity index is 902. The minimum absolute atomic E-state index is 0.154. The maximum absolute atomic E-state index is 12.3. The zero-order valence-corrected chi connectivity index (χ0v) is 15.7. The molecule has 0 unspecified atom stereocenters. The molecule has 0 radical (unpaired) electrons. The van der Waals surface area contributed by atoms with Crippen molar-refractivity contribution in [1.29, 1.82) is 0 Å². The second-order valence-electron chi connectivity index (χ2n) is 6.75. The third-order valence-electron chi connectivity index (χ3n) is 3.97. The maximum Gasteiger partial charge on any atom is 0.341 e. The number of esters is 1. The molecule has 0 bridgehead atoms. The van der Waals surface area contributed by atoms with E-state index in [0.29, 0.717) is 11.1 Å². The van der Waals surface area contributed by atoms with Crippen molar-refractivity contribution in [2.45, 2.75) is 26.2 Å². The number of hydrogen-bond donors (Lipinski definition) is 0. The topological polar surface area (TPSA) is 39.4 Å². The molecule has 0 aliphatic carbocycles. The summed E-state index contributed by atoms with van der Waals surface area (Å²) in [7, 11) is 1.38. The molecular formula is C20H19BrO3. The predicted molar refractivity (Wildman–Crippen MR) is 99.4 cm³/mol. The molecule has 3 aromatic rings. The monoisotopic (exact) mass is 386 g/mol. The first-order valence-corrected chi connectivity index (χ1v) is 8.52. The van der Waals surface area contributed by atoms with Crippen LogP contribution in [0.15, 0.2) is 51.4 Å². The average molecular weight is 387 g/mol. The van der Waals surface area contributed by atoms with Gasteiger partial charge in [-0.05, 0) is 39.2 Å². The molecular weight excluding hydrogens is 368 g/mol. The van der Waals surface area contributed by atoms with Gasteiger partial charge in [-0.25, -0.2) is 4.79 Å². The molecule has 2 aromatic carbocycles. The van der Waals surface area contributed by atoms with Gasteiger partial charge in [0.25, 0.3) is 0 Å². The van der Waals surface area contributed by atoms with Crippen molar-refractivity contribution in [3.8, 4) is 11.1 Å². The Kier molecular flexibility index (Phi) is 4.26. The largest absolute Gasteiger partial charge is 0.465 e. The van der Waals surface area contributed by atoms with Crippen LogP contribution in [0.5, 0.6) is 0 Å². The van der Waals surface area contributed by atoms with E-state index in [0.717, 1.165) is 26.7 Å². The van der Waals surface area contributed by atoms with Crippen molar-refractivity contribution in [3.05, 3.63) is 58.3 Å². The van der Waals surface area contributed by atoms with Crippen molar-refractivity contribution in [2.75, 3.05) is 7.11 Å². The molecule has 0 atom stereocenters. The molecule has 1 aromatic heterocycles. The first-order chi connectivity index (χ1) is 11.3. The van der Waals surface area contributed by atoms with E-state index in [9.17, 15) is 4.79 Å². The fraction of sp³-hybridized carbons (Fsp3) is 0.250. The molecule has 0 saturated carbocycles. The van der Waals surface area contributed by atoms with Crippen LogP contribution in [0.2, 0.25) is 0 Å². The summed E-state index contributed by atoms with van der Waals surface area (Å²) in [6.45, 7) is 6.23. The summed E-state index contributed by atoms with van der Waals surface area (Å²) in [6.07, 6.45) is 0. The first kappa shape index (κ1) is 16.8. The lowest BCUT2D eigenvalue weighted by Gasteiger charge is -2.13. The molecule has 4 heteroatoms. The lowest BCUT2D eigenvalue weighted by molar-refractivity contribution is 0.0601. The molecule has 0 aliphatic heterocycles. The van der Waals surface area contributed by atoms with Crippen LogP contribution >= 0.6 is 15.9 Å². The number of rotatable bonds is 2. The van der Waals surface area contributed by atoms with Gasteiger partial charge in [-0.3, -0.25) is 0 Å². The number of carbonyl (C=O) groups is 1. The summed E-state index contributed by atoms with van der Waals surface area (Å²) in [5, 5.41) is 0.877.